The van der Waals surface area contributed by atoms with Crippen molar-refractivity contribution in [3.63, 3.8) is 0 Å². The Kier molecular flexibility index (Phi) is 4.34. The summed E-state index contributed by atoms with van der Waals surface area (Å²) in [5.41, 5.74) is 0. The number of halogens is 1. The molecule has 3 nitrogen and oxygen atoms in total. The number of nitrogens with zero attached hydrogens (tertiary/aromatic N) is 1. The summed E-state index contributed by atoms with van der Waals surface area (Å²) in [5, 5.41) is 0. The lowest BCUT2D eigenvalue weighted by Gasteiger charge is -2.31. The third-order valence-corrected chi connectivity index (χ3v) is 2.92. The van der Waals surface area contributed by atoms with Crippen LogP contribution in [0.2, 0.25) is 0 Å². The second-order valence-corrected chi connectivity index (χ2v) is 4.15. The van der Waals surface area contributed by atoms with Gasteiger partial charge in [-0.2, -0.15) is 0 Å². The molecule has 1 unspecified atom stereocenters. The number of ether oxygens (including phenoxy) is 2. The zero-order valence-corrected chi connectivity index (χ0v) is 10.1. The Morgan fingerprint density at radius 1 is 1.41 bits per heavy atom. The number of likely N-dealkylation sites (N-methyl/N-ethyl adjacent to an activating group) is 1. The Balaban J connectivity index is 1.79. The highest BCUT2D eigenvalue weighted by Gasteiger charge is 2.19. The standard InChI is InChI=1S/C13H18FNO2/c1-2-15-7-8-16-13(9-15)10-17-12-5-3-11(14)4-6-12/h3-6,13H,2,7-10H2,1H3. The SMILES string of the molecule is CCN1CCOC(COc2ccc(F)cc2)C1. The molecule has 1 saturated heterocycles. The van der Waals surface area contributed by atoms with Gasteiger partial charge in [0.2, 0.25) is 0 Å². The Morgan fingerprint density at radius 2 is 2.18 bits per heavy atom. The van der Waals surface area contributed by atoms with E-state index in [4.69, 9.17) is 9.47 Å². The molecule has 1 atom stereocenters. The lowest BCUT2D eigenvalue weighted by atomic mass is 10.3. The first-order chi connectivity index (χ1) is 8.28. The lowest BCUT2D eigenvalue weighted by molar-refractivity contribution is -0.0464. The Hall–Kier alpha value is -1.13. The van der Waals surface area contributed by atoms with E-state index in [-0.39, 0.29) is 11.9 Å². The summed E-state index contributed by atoms with van der Waals surface area (Å²) in [7, 11) is 0. The number of rotatable bonds is 4. The molecule has 1 heterocycles. The number of hydrogen-bond acceptors (Lipinski definition) is 3. The molecule has 1 aromatic rings. The second-order valence-electron chi connectivity index (χ2n) is 4.15. The van der Waals surface area contributed by atoms with Crippen molar-refractivity contribution in [3.05, 3.63) is 30.1 Å². The maximum atomic E-state index is 12.7. The smallest absolute Gasteiger partial charge is 0.123 e. The first-order valence-corrected chi connectivity index (χ1v) is 6.00. The number of benzene rings is 1. The highest BCUT2D eigenvalue weighted by atomic mass is 19.1. The zero-order valence-electron chi connectivity index (χ0n) is 10.1. The summed E-state index contributed by atoms with van der Waals surface area (Å²) in [6, 6.07) is 6.07. The monoisotopic (exact) mass is 239 g/mol. The Bertz CT molecular complexity index is 342. The van der Waals surface area contributed by atoms with Crippen molar-refractivity contribution >= 4 is 0 Å². The van der Waals surface area contributed by atoms with Gasteiger partial charge in [0.05, 0.1) is 6.61 Å². The predicted octanol–water partition coefficient (Wildman–Crippen LogP) is 1.93. The van der Waals surface area contributed by atoms with Crippen molar-refractivity contribution in [2.45, 2.75) is 13.0 Å². The van der Waals surface area contributed by atoms with Gasteiger partial charge in [0.25, 0.3) is 0 Å². The van der Waals surface area contributed by atoms with Crippen LogP contribution in [0.1, 0.15) is 6.92 Å². The van der Waals surface area contributed by atoms with Gasteiger partial charge >= 0.3 is 0 Å². The van der Waals surface area contributed by atoms with Gasteiger partial charge in [0.15, 0.2) is 0 Å². The average Bonchev–Trinajstić information content (AvgIpc) is 2.38. The van der Waals surface area contributed by atoms with Crippen LogP contribution in [0.15, 0.2) is 24.3 Å². The van der Waals surface area contributed by atoms with Gasteiger partial charge in [-0.1, -0.05) is 6.92 Å². The number of morpholine rings is 1. The molecule has 17 heavy (non-hydrogen) atoms. The van der Waals surface area contributed by atoms with Crippen LogP contribution < -0.4 is 4.74 Å². The molecule has 4 heteroatoms. The van der Waals surface area contributed by atoms with Crippen LogP contribution in [0.25, 0.3) is 0 Å². The molecule has 1 aliphatic rings. The molecule has 0 amide bonds. The summed E-state index contributed by atoms with van der Waals surface area (Å²) < 4.78 is 23.9. The third kappa shape index (κ3) is 3.68. The maximum Gasteiger partial charge on any atom is 0.123 e. The molecule has 1 aliphatic heterocycles. The zero-order chi connectivity index (χ0) is 12.1. The predicted molar refractivity (Wildman–Crippen MR) is 63.7 cm³/mol. The quantitative estimate of drug-likeness (QED) is 0.801. The molecule has 0 spiro atoms. The second kappa shape index (κ2) is 5.98. The van der Waals surface area contributed by atoms with Gasteiger partial charge in [-0.3, -0.25) is 4.90 Å². The van der Waals surface area contributed by atoms with E-state index in [1.54, 1.807) is 12.1 Å². The molecule has 0 N–H and O–H groups in total. The van der Waals surface area contributed by atoms with Crippen LogP contribution >= 0.6 is 0 Å². The third-order valence-electron chi connectivity index (χ3n) is 2.92. The Labute approximate surface area is 101 Å². The Morgan fingerprint density at radius 3 is 2.88 bits per heavy atom. The summed E-state index contributed by atoms with van der Waals surface area (Å²) >= 11 is 0. The number of hydrogen-bond donors (Lipinski definition) is 0. The fraction of sp³-hybridized carbons (Fsp3) is 0.538. The van der Waals surface area contributed by atoms with Crippen LogP contribution in [-0.4, -0.2) is 43.9 Å². The first kappa shape index (κ1) is 12.3. The largest absolute Gasteiger partial charge is 0.491 e. The minimum absolute atomic E-state index is 0.105. The minimum Gasteiger partial charge on any atom is -0.491 e. The topological polar surface area (TPSA) is 21.7 Å². The van der Waals surface area contributed by atoms with E-state index in [1.807, 2.05) is 0 Å². The van der Waals surface area contributed by atoms with E-state index >= 15 is 0 Å². The van der Waals surface area contributed by atoms with E-state index in [1.165, 1.54) is 12.1 Å². The summed E-state index contributed by atoms with van der Waals surface area (Å²) in [6.07, 6.45) is 0.105. The molecule has 0 saturated carbocycles. The van der Waals surface area contributed by atoms with Crippen molar-refractivity contribution in [1.29, 1.82) is 0 Å². The normalized spacial score (nSPS) is 21.4. The summed E-state index contributed by atoms with van der Waals surface area (Å²) in [6.45, 7) is 6.34. The molecule has 2 rings (SSSR count). The van der Waals surface area contributed by atoms with E-state index in [9.17, 15) is 4.39 Å². The van der Waals surface area contributed by atoms with Gasteiger partial charge < -0.3 is 9.47 Å². The van der Waals surface area contributed by atoms with E-state index < -0.39 is 0 Å². The molecule has 1 aromatic carbocycles. The average molecular weight is 239 g/mol. The van der Waals surface area contributed by atoms with Crippen LogP contribution in [-0.2, 0) is 4.74 Å². The lowest BCUT2D eigenvalue weighted by Crippen LogP contribution is -2.44. The van der Waals surface area contributed by atoms with E-state index in [0.717, 1.165) is 26.2 Å². The molecule has 0 radical (unpaired) electrons. The van der Waals surface area contributed by atoms with Crippen molar-refractivity contribution in [2.24, 2.45) is 0 Å². The van der Waals surface area contributed by atoms with Crippen LogP contribution in [0.3, 0.4) is 0 Å². The van der Waals surface area contributed by atoms with Gasteiger partial charge in [0.1, 0.15) is 24.3 Å². The molecule has 94 valence electrons. The van der Waals surface area contributed by atoms with Crippen molar-refractivity contribution in [1.82, 2.24) is 4.90 Å². The van der Waals surface area contributed by atoms with Crippen molar-refractivity contribution in [3.8, 4) is 5.75 Å². The summed E-state index contributed by atoms with van der Waals surface area (Å²) in [4.78, 5) is 2.34. The van der Waals surface area contributed by atoms with Gasteiger partial charge in [0, 0.05) is 13.1 Å². The van der Waals surface area contributed by atoms with Crippen LogP contribution in [0, 0.1) is 5.82 Å². The van der Waals surface area contributed by atoms with Gasteiger partial charge in [-0.25, -0.2) is 4.39 Å². The van der Waals surface area contributed by atoms with Crippen molar-refractivity contribution < 1.29 is 13.9 Å². The summed E-state index contributed by atoms with van der Waals surface area (Å²) in [5.74, 6) is 0.437. The molecular weight excluding hydrogens is 221 g/mol. The fourth-order valence-corrected chi connectivity index (χ4v) is 1.89. The van der Waals surface area contributed by atoms with E-state index in [0.29, 0.717) is 12.4 Å². The minimum atomic E-state index is -0.247. The van der Waals surface area contributed by atoms with Crippen LogP contribution in [0.4, 0.5) is 4.39 Å². The van der Waals surface area contributed by atoms with Gasteiger partial charge in [-0.05, 0) is 30.8 Å². The van der Waals surface area contributed by atoms with E-state index in [2.05, 4.69) is 11.8 Å². The molecule has 0 aromatic heterocycles. The maximum absolute atomic E-state index is 12.7. The first-order valence-electron chi connectivity index (χ1n) is 6.00. The van der Waals surface area contributed by atoms with Gasteiger partial charge in [-0.15, -0.1) is 0 Å². The highest BCUT2D eigenvalue weighted by molar-refractivity contribution is 5.22. The molecular formula is C13H18FNO2. The molecule has 0 aliphatic carbocycles. The molecule has 0 bridgehead atoms. The molecule has 1 fully saturated rings. The fourth-order valence-electron chi connectivity index (χ4n) is 1.89. The van der Waals surface area contributed by atoms with Crippen molar-refractivity contribution in [2.75, 3.05) is 32.8 Å². The van der Waals surface area contributed by atoms with Crippen LogP contribution in [0.5, 0.6) is 5.75 Å². The highest BCUT2D eigenvalue weighted by Crippen LogP contribution is 2.13.